The third-order valence-corrected chi connectivity index (χ3v) is 2.11. The maximum Gasteiger partial charge on any atom is 0.316 e. The van der Waals surface area contributed by atoms with E-state index in [0.717, 1.165) is 4.47 Å². The Morgan fingerprint density at radius 1 is 1.58 bits per heavy atom. The molecule has 64 valence electrons. The molecule has 0 aliphatic heterocycles. The third-order valence-electron chi connectivity index (χ3n) is 1.19. The van der Waals surface area contributed by atoms with Crippen LogP contribution in [0.4, 0.5) is 10.5 Å². The van der Waals surface area contributed by atoms with E-state index in [4.69, 9.17) is 17.3 Å². The van der Waals surface area contributed by atoms with Crippen LogP contribution in [0.3, 0.4) is 0 Å². The van der Waals surface area contributed by atoms with Gasteiger partial charge in [-0.05, 0) is 34.1 Å². The number of amides is 2. The van der Waals surface area contributed by atoms with Crippen LogP contribution < -0.4 is 11.1 Å². The molecular formula is C7H6BrClN2O. The number of halogens is 2. The predicted molar refractivity (Wildman–Crippen MR) is 52.4 cm³/mol. The Hall–Kier alpha value is -0.740. The molecule has 0 spiro atoms. The van der Waals surface area contributed by atoms with Crippen LogP contribution in [0.25, 0.3) is 0 Å². The van der Waals surface area contributed by atoms with Gasteiger partial charge in [-0.15, -0.1) is 0 Å². The number of anilines is 1. The highest BCUT2D eigenvalue weighted by Crippen LogP contribution is 2.25. The van der Waals surface area contributed by atoms with Gasteiger partial charge in [0.25, 0.3) is 0 Å². The maximum absolute atomic E-state index is 10.5. The maximum atomic E-state index is 10.5. The quantitative estimate of drug-likeness (QED) is 0.790. The molecule has 1 aromatic carbocycles. The fourth-order valence-corrected chi connectivity index (χ4v) is 1.24. The van der Waals surface area contributed by atoms with Gasteiger partial charge < -0.3 is 11.1 Å². The molecule has 12 heavy (non-hydrogen) atoms. The average molecular weight is 249 g/mol. The number of nitrogens with one attached hydrogen (secondary N) is 1. The lowest BCUT2D eigenvalue weighted by Crippen LogP contribution is -2.19. The number of primary amides is 1. The Labute approximate surface area is 83.0 Å². The summed E-state index contributed by atoms with van der Waals surface area (Å²) in [5.41, 5.74) is 5.49. The number of rotatable bonds is 1. The summed E-state index contributed by atoms with van der Waals surface area (Å²) < 4.78 is 0.741. The van der Waals surface area contributed by atoms with Crippen molar-refractivity contribution >= 4 is 39.2 Å². The van der Waals surface area contributed by atoms with Crippen molar-refractivity contribution in [3.63, 3.8) is 0 Å². The molecule has 0 heterocycles. The van der Waals surface area contributed by atoms with Crippen LogP contribution in [0.2, 0.25) is 5.02 Å². The van der Waals surface area contributed by atoms with E-state index in [1.165, 1.54) is 0 Å². The first kappa shape index (κ1) is 9.35. The van der Waals surface area contributed by atoms with E-state index in [2.05, 4.69) is 21.2 Å². The first-order valence-electron chi connectivity index (χ1n) is 3.11. The molecule has 2 amide bonds. The molecule has 3 nitrogen and oxygen atoms in total. The zero-order valence-corrected chi connectivity index (χ0v) is 8.32. The van der Waals surface area contributed by atoms with E-state index in [0.29, 0.717) is 10.7 Å². The Morgan fingerprint density at radius 2 is 2.25 bits per heavy atom. The van der Waals surface area contributed by atoms with Crippen molar-refractivity contribution in [2.45, 2.75) is 0 Å². The second-order valence-electron chi connectivity index (χ2n) is 2.11. The molecule has 0 aliphatic carbocycles. The van der Waals surface area contributed by atoms with Gasteiger partial charge in [-0.3, -0.25) is 0 Å². The van der Waals surface area contributed by atoms with E-state index in [1.807, 2.05) is 0 Å². The number of urea groups is 1. The molecular weight excluding hydrogens is 243 g/mol. The van der Waals surface area contributed by atoms with Crippen LogP contribution in [0.1, 0.15) is 0 Å². The second kappa shape index (κ2) is 3.78. The van der Waals surface area contributed by atoms with Crippen molar-refractivity contribution in [3.05, 3.63) is 27.7 Å². The minimum absolute atomic E-state index is 0.543. The highest BCUT2D eigenvalue weighted by Gasteiger charge is 2.01. The summed E-state index contributed by atoms with van der Waals surface area (Å²) in [6.45, 7) is 0. The Morgan fingerprint density at radius 3 is 2.83 bits per heavy atom. The van der Waals surface area contributed by atoms with Crippen LogP contribution in [-0.2, 0) is 0 Å². The summed E-state index contributed by atoms with van der Waals surface area (Å²) in [5.74, 6) is 0. The van der Waals surface area contributed by atoms with Crippen LogP contribution in [-0.4, -0.2) is 6.03 Å². The van der Waals surface area contributed by atoms with Crippen molar-refractivity contribution in [2.24, 2.45) is 5.73 Å². The van der Waals surface area contributed by atoms with E-state index < -0.39 is 6.03 Å². The number of carbonyl (C=O) groups excluding carboxylic acids is 1. The van der Waals surface area contributed by atoms with Gasteiger partial charge in [0.2, 0.25) is 0 Å². The SMILES string of the molecule is NC(=O)Nc1cc(Cl)ccc1Br. The number of benzene rings is 1. The lowest BCUT2D eigenvalue weighted by molar-refractivity contribution is 0.259. The summed E-state index contributed by atoms with van der Waals surface area (Å²) in [7, 11) is 0. The largest absolute Gasteiger partial charge is 0.351 e. The van der Waals surface area contributed by atoms with Crippen molar-refractivity contribution in [2.75, 3.05) is 5.32 Å². The van der Waals surface area contributed by atoms with Gasteiger partial charge >= 0.3 is 6.03 Å². The number of hydrogen-bond acceptors (Lipinski definition) is 1. The molecule has 0 fully saturated rings. The lowest BCUT2D eigenvalue weighted by atomic mass is 10.3. The Balaban J connectivity index is 2.97. The van der Waals surface area contributed by atoms with E-state index in [9.17, 15) is 4.79 Å². The van der Waals surface area contributed by atoms with Crippen LogP contribution in [0.5, 0.6) is 0 Å². The highest BCUT2D eigenvalue weighted by molar-refractivity contribution is 9.10. The van der Waals surface area contributed by atoms with Crippen molar-refractivity contribution in [1.82, 2.24) is 0 Å². The number of carbonyl (C=O) groups is 1. The zero-order chi connectivity index (χ0) is 9.14. The molecule has 0 bridgehead atoms. The second-order valence-corrected chi connectivity index (χ2v) is 3.40. The van der Waals surface area contributed by atoms with Gasteiger partial charge in [-0.2, -0.15) is 0 Å². The van der Waals surface area contributed by atoms with Gasteiger partial charge in [-0.1, -0.05) is 11.6 Å². The van der Waals surface area contributed by atoms with Crippen LogP contribution in [0, 0.1) is 0 Å². The van der Waals surface area contributed by atoms with Gasteiger partial charge in [-0.25, -0.2) is 4.79 Å². The molecule has 0 aliphatic rings. The summed E-state index contributed by atoms with van der Waals surface area (Å²) >= 11 is 8.92. The molecule has 5 heteroatoms. The molecule has 0 aromatic heterocycles. The summed E-state index contributed by atoms with van der Waals surface area (Å²) in [6, 6.07) is 4.43. The Bertz CT molecular complexity index is 316. The number of nitrogens with two attached hydrogens (primary N) is 1. The first-order chi connectivity index (χ1) is 5.59. The molecule has 0 atom stereocenters. The third kappa shape index (κ3) is 2.39. The van der Waals surface area contributed by atoms with Gasteiger partial charge in [0.1, 0.15) is 0 Å². The van der Waals surface area contributed by atoms with Gasteiger partial charge in [0, 0.05) is 9.50 Å². The molecule has 3 N–H and O–H groups in total. The molecule has 0 saturated carbocycles. The first-order valence-corrected chi connectivity index (χ1v) is 4.28. The summed E-state index contributed by atoms with van der Waals surface area (Å²) in [4.78, 5) is 10.5. The monoisotopic (exact) mass is 248 g/mol. The van der Waals surface area contributed by atoms with E-state index in [1.54, 1.807) is 18.2 Å². The van der Waals surface area contributed by atoms with Gasteiger partial charge in [0.05, 0.1) is 5.69 Å². The minimum atomic E-state index is -0.613. The van der Waals surface area contributed by atoms with E-state index in [-0.39, 0.29) is 0 Å². The fraction of sp³-hybridized carbons (Fsp3) is 0. The van der Waals surface area contributed by atoms with Crippen molar-refractivity contribution in [3.8, 4) is 0 Å². The minimum Gasteiger partial charge on any atom is -0.351 e. The van der Waals surface area contributed by atoms with Crippen molar-refractivity contribution < 1.29 is 4.79 Å². The molecule has 1 aromatic rings. The van der Waals surface area contributed by atoms with Crippen LogP contribution >= 0.6 is 27.5 Å². The summed E-state index contributed by atoms with van der Waals surface area (Å²) in [6.07, 6.45) is 0. The molecule has 0 saturated heterocycles. The summed E-state index contributed by atoms with van der Waals surface area (Å²) in [5, 5.41) is 2.96. The van der Waals surface area contributed by atoms with Crippen LogP contribution in [0.15, 0.2) is 22.7 Å². The van der Waals surface area contributed by atoms with Crippen molar-refractivity contribution in [1.29, 1.82) is 0 Å². The topological polar surface area (TPSA) is 55.1 Å². The zero-order valence-electron chi connectivity index (χ0n) is 5.97. The normalized spacial score (nSPS) is 9.50. The molecule has 0 unspecified atom stereocenters. The van der Waals surface area contributed by atoms with Gasteiger partial charge in [0.15, 0.2) is 0 Å². The van der Waals surface area contributed by atoms with E-state index >= 15 is 0 Å². The number of hydrogen-bond donors (Lipinski definition) is 2. The molecule has 1 rings (SSSR count). The predicted octanol–water partition coefficient (Wildman–Crippen LogP) is 2.59. The molecule has 0 radical (unpaired) electrons. The Kier molecular flexibility index (Phi) is 2.94. The fourth-order valence-electron chi connectivity index (χ4n) is 0.726. The smallest absolute Gasteiger partial charge is 0.316 e. The standard InChI is InChI=1S/C7H6BrClN2O/c8-5-2-1-4(9)3-6(5)11-7(10)12/h1-3H,(H3,10,11,12). The lowest BCUT2D eigenvalue weighted by Gasteiger charge is -2.03. The average Bonchev–Trinajstić information content (AvgIpc) is 1.96. The highest BCUT2D eigenvalue weighted by atomic mass is 79.9.